The molecule has 6 aromatic rings. The molecule has 6 heterocycles. The SMILES string of the molecule is CN(C)Cc1cncc(-c2ccc3[nH]nc(-c4nc5c(-c6cccs6)nccc5[nH]4)c3n2)c1. The monoisotopic (exact) mass is 452 g/mol. The van der Waals surface area contributed by atoms with Crippen LogP contribution in [0.3, 0.4) is 0 Å². The van der Waals surface area contributed by atoms with Crippen LogP contribution in [0.15, 0.2) is 60.4 Å². The fraction of sp³-hybridized carbons (Fsp3) is 0.125. The number of imidazole rings is 1. The maximum atomic E-state index is 4.92. The average molecular weight is 453 g/mol. The van der Waals surface area contributed by atoms with Crippen LogP contribution in [0.2, 0.25) is 0 Å². The summed E-state index contributed by atoms with van der Waals surface area (Å²) < 4.78 is 0. The van der Waals surface area contributed by atoms with E-state index in [0.717, 1.165) is 56.0 Å². The van der Waals surface area contributed by atoms with Crippen molar-refractivity contribution in [3.63, 3.8) is 0 Å². The summed E-state index contributed by atoms with van der Waals surface area (Å²) >= 11 is 1.64. The van der Waals surface area contributed by atoms with Crippen LogP contribution in [0.1, 0.15) is 5.56 Å². The Hall–Kier alpha value is -3.95. The first-order valence-corrected chi connectivity index (χ1v) is 11.4. The molecule has 0 unspecified atom stereocenters. The van der Waals surface area contributed by atoms with E-state index >= 15 is 0 Å². The molecule has 0 atom stereocenters. The first-order valence-electron chi connectivity index (χ1n) is 10.5. The second-order valence-electron chi connectivity index (χ2n) is 8.10. The van der Waals surface area contributed by atoms with Gasteiger partial charge in [0.25, 0.3) is 0 Å². The fourth-order valence-electron chi connectivity index (χ4n) is 3.95. The average Bonchev–Trinajstić information content (AvgIpc) is 3.57. The molecular weight excluding hydrogens is 432 g/mol. The van der Waals surface area contributed by atoms with Crippen molar-refractivity contribution in [1.29, 1.82) is 0 Å². The van der Waals surface area contributed by atoms with Crippen molar-refractivity contribution in [2.24, 2.45) is 0 Å². The van der Waals surface area contributed by atoms with E-state index in [4.69, 9.17) is 9.97 Å². The lowest BCUT2D eigenvalue weighted by Crippen LogP contribution is -2.10. The summed E-state index contributed by atoms with van der Waals surface area (Å²) in [5.41, 5.74) is 7.84. The number of thiophene rings is 1. The molecule has 0 saturated heterocycles. The molecule has 2 N–H and O–H groups in total. The maximum Gasteiger partial charge on any atom is 0.161 e. The van der Waals surface area contributed by atoms with Gasteiger partial charge in [0.15, 0.2) is 11.5 Å². The topological polar surface area (TPSA) is 99.3 Å². The second kappa shape index (κ2) is 7.88. The van der Waals surface area contributed by atoms with Crippen molar-refractivity contribution < 1.29 is 0 Å². The molecule has 0 fully saturated rings. The molecule has 33 heavy (non-hydrogen) atoms. The van der Waals surface area contributed by atoms with E-state index < -0.39 is 0 Å². The van der Waals surface area contributed by atoms with Gasteiger partial charge in [-0.3, -0.25) is 15.1 Å². The summed E-state index contributed by atoms with van der Waals surface area (Å²) in [6.07, 6.45) is 5.53. The van der Waals surface area contributed by atoms with E-state index in [1.165, 1.54) is 0 Å². The molecule has 162 valence electrons. The summed E-state index contributed by atoms with van der Waals surface area (Å²) in [4.78, 5) is 25.3. The van der Waals surface area contributed by atoms with Gasteiger partial charge in [0.2, 0.25) is 0 Å². The first kappa shape index (κ1) is 19.7. The maximum absolute atomic E-state index is 4.92. The Labute approximate surface area is 193 Å². The Balaban J connectivity index is 1.45. The number of hydrogen-bond acceptors (Lipinski definition) is 7. The highest BCUT2D eigenvalue weighted by Gasteiger charge is 2.17. The number of aromatic nitrogens is 7. The zero-order valence-electron chi connectivity index (χ0n) is 18.1. The number of rotatable bonds is 5. The van der Waals surface area contributed by atoms with Gasteiger partial charge in [0, 0.05) is 30.7 Å². The quantitative estimate of drug-likeness (QED) is 0.392. The summed E-state index contributed by atoms with van der Waals surface area (Å²) in [5, 5.41) is 9.64. The zero-order valence-corrected chi connectivity index (χ0v) is 18.9. The zero-order chi connectivity index (χ0) is 22.4. The second-order valence-corrected chi connectivity index (χ2v) is 9.05. The van der Waals surface area contributed by atoms with Gasteiger partial charge >= 0.3 is 0 Å². The van der Waals surface area contributed by atoms with Crippen molar-refractivity contribution in [3.05, 3.63) is 65.9 Å². The van der Waals surface area contributed by atoms with Gasteiger partial charge in [-0.25, -0.2) is 9.97 Å². The molecular formula is C24H20N8S. The number of pyridine rings is 3. The van der Waals surface area contributed by atoms with Crippen LogP contribution >= 0.6 is 11.3 Å². The van der Waals surface area contributed by atoms with Gasteiger partial charge in [-0.1, -0.05) is 6.07 Å². The number of fused-ring (bicyclic) bond motifs is 2. The Morgan fingerprint density at radius 3 is 2.73 bits per heavy atom. The molecule has 0 aliphatic rings. The highest BCUT2D eigenvalue weighted by molar-refractivity contribution is 7.13. The highest BCUT2D eigenvalue weighted by Crippen LogP contribution is 2.32. The lowest BCUT2D eigenvalue weighted by molar-refractivity contribution is 0.402. The molecule has 6 aromatic heterocycles. The molecule has 9 heteroatoms. The van der Waals surface area contributed by atoms with Crippen LogP contribution < -0.4 is 0 Å². The van der Waals surface area contributed by atoms with Gasteiger partial charge in [0.05, 0.1) is 21.6 Å². The molecule has 0 bridgehead atoms. The molecule has 0 amide bonds. The molecule has 0 spiro atoms. The minimum atomic E-state index is 0.659. The number of aromatic amines is 2. The van der Waals surface area contributed by atoms with E-state index in [0.29, 0.717) is 11.5 Å². The predicted molar refractivity (Wildman–Crippen MR) is 131 cm³/mol. The van der Waals surface area contributed by atoms with Crippen LogP contribution in [0.4, 0.5) is 0 Å². The Morgan fingerprint density at radius 2 is 1.88 bits per heavy atom. The minimum Gasteiger partial charge on any atom is -0.336 e. The fourth-order valence-corrected chi connectivity index (χ4v) is 4.67. The van der Waals surface area contributed by atoms with E-state index in [9.17, 15) is 0 Å². The van der Waals surface area contributed by atoms with Crippen LogP contribution in [-0.2, 0) is 6.54 Å². The number of nitrogens with zero attached hydrogens (tertiary/aromatic N) is 6. The largest absolute Gasteiger partial charge is 0.336 e. The summed E-state index contributed by atoms with van der Waals surface area (Å²) in [7, 11) is 4.09. The third-order valence-electron chi connectivity index (χ3n) is 5.38. The lowest BCUT2D eigenvalue weighted by Gasteiger charge is -2.10. The van der Waals surface area contributed by atoms with Crippen molar-refractivity contribution in [1.82, 2.24) is 40.0 Å². The summed E-state index contributed by atoms with van der Waals surface area (Å²) in [5.74, 6) is 0.659. The highest BCUT2D eigenvalue weighted by atomic mass is 32.1. The number of nitrogens with one attached hydrogen (secondary N) is 2. The van der Waals surface area contributed by atoms with Crippen molar-refractivity contribution in [3.8, 4) is 33.3 Å². The van der Waals surface area contributed by atoms with E-state index in [2.05, 4.69) is 42.2 Å². The summed E-state index contributed by atoms with van der Waals surface area (Å²) in [6, 6.07) is 12.1. The Kier molecular flexibility index (Phi) is 4.70. The summed E-state index contributed by atoms with van der Waals surface area (Å²) in [6.45, 7) is 0.819. The van der Waals surface area contributed by atoms with Gasteiger partial charge < -0.3 is 9.88 Å². The Morgan fingerprint density at radius 1 is 0.970 bits per heavy atom. The number of H-pyrrole nitrogens is 2. The van der Waals surface area contributed by atoms with Gasteiger partial charge in [-0.05, 0) is 55.4 Å². The first-order chi connectivity index (χ1) is 16.2. The van der Waals surface area contributed by atoms with E-state index in [-0.39, 0.29) is 0 Å². The van der Waals surface area contributed by atoms with Crippen molar-refractivity contribution in [2.45, 2.75) is 6.54 Å². The third kappa shape index (κ3) is 3.57. The van der Waals surface area contributed by atoms with Gasteiger partial charge in [0.1, 0.15) is 16.7 Å². The molecule has 0 aliphatic carbocycles. The van der Waals surface area contributed by atoms with E-state index in [1.807, 2.05) is 56.1 Å². The van der Waals surface area contributed by atoms with Crippen LogP contribution in [0, 0.1) is 0 Å². The Bertz CT molecular complexity index is 1580. The molecule has 0 radical (unpaired) electrons. The molecule has 0 aromatic carbocycles. The normalized spacial score (nSPS) is 11.7. The van der Waals surface area contributed by atoms with Crippen LogP contribution in [-0.4, -0.2) is 54.1 Å². The predicted octanol–water partition coefficient (Wildman–Crippen LogP) is 4.75. The van der Waals surface area contributed by atoms with Crippen LogP contribution in [0.25, 0.3) is 55.4 Å². The third-order valence-corrected chi connectivity index (χ3v) is 6.25. The lowest BCUT2D eigenvalue weighted by atomic mass is 10.1. The molecule has 6 rings (SSSR count). The van der Waals surface area contributed by atoms with Gasteiger partial charge in [-0.2, -0.15) is 5.10 Å². The van der Waals surface area contributed by atoms with Gasteiger partial charge in [-0.15, -0.1) is 11.3 Å². The van der Waals surface area contributed by atoms with Crippen molar-refractivity contribution in [2.75, 3.05) is 14.1 Å². The van der Waals surface area contributed by atoms with Crippen molar-refractivity contribution >= 4 is 33.4 Å². The number of hydrogen-bond donors (Lipinski definition) is 2. The standard InChI is InChI=1S/C24H20N8S/c1-32(2)13-14-10-15(12-25-11-14)16-5-6-18-21(27-16)23(31-30-18)24-28-17-7-8-26-22(20(17)29-24)19-4-3-9-33-19/h3-12H,13H2,1-2H3,(H,28,29)(H,30,31). The van der Waals surface area contributed by atoms with Crippen LogP contribution in [0.5, 0.6) is 0 Å². The molecule has 8 nitrogen and oxygen atoms in total. The molecule has 0 saturated carbocycles. The van der Waals surface area contributed by atoms with E-state index in [1.54, 1.807) is 17.5 Å². The smallest absolute Gasteiger partial charge is 0.161 e. The minimum absolute atomic E-state index is 0.659. The molecule has 0 aliphatic heterocycles.